The van der Waals surface area contributed by atoms with Crippen LogP contribution in [0.5, 0.6) is 5.75 Å². The van der Waals surface area contributed by atoms with Crippen LogP contribution in [0, 0.1) is 0 Å². The standard InChI is InChI=1S/C22H26N2O6S/c1-3-29-17-8-6-5-7-16(17)13-18-22(27)24(20(31-18)14-21(26)30-4-2)15-19(25)23-9-11-28-12-10-23/h5-8,13-14H,3-4,9-12,15H2,1-2H3. The number of thiazole rings is 1. The molecule has 2 aromatic rings. The number of para-hydroxylation sites is 1. The minimum absolute atomic E-state index is 0.151. The molecule has 1 aromatic heterocycles. The molecule has 9 heteroatoms. The van der Waals surface area contributed by atoms with Gasteiger partial charge in [0.2, 0.25) is 5.91 Å². The average molecular weight is 447 g/mol. The number of esters is 1. The Labute approximate surface area is 184 Å². The third-order valence-corrected chi connectivity index (χ3v) is 5.69. The molecule has 1 fully saturated rings. The Kier molecular flexibility index (Phi) is 8.02. The first-order chi connectivity index (χ1) is 15.0. The molecule has 0 N–H and O–H groups in total. The lowest BCUT2D eigenvalue weighted by atomic mass is 10.2. The van der Waals surface area contributed by atoms with Gasteiger partial charge < -0.3 is 19.1 Å². The molecule has 0 radical (unpaired) electrons. The molecular formula is C22H26N2O6S. The predicted molar refractivity (Wildman–Crippen MR) is 118 cm³/mol. The number of hydrogen-bond donors (Lipinski definition) is 0. The molecule has 0 spiro atoms. The van der Waals surface area contributed by atoms with Crippen LogP contribution < -0.4 is 19.5 Å². The molecular weight excluding hydrogens is 420 g/mol. The first-order valence-electron chi connectivity index (χ1n) is 10.2. The quantitative estimate of drug-likeness (QED) is 0.570. The Balaban J connectivity index is 2.05. The minimum Gasteiger partial charge on any atom is -0.493 e. The maximum Gasteiger partial charge on any atom is 0.333 e. The van der Waals surface area contributed by atoms with Crippen molar-refractivity contribution >= 4 is 35.4 Å². The highest BCUT2D eigenvalue weighted by Gasteiger charge is 2.19. The highest BCUT2D eigenvalue weighted by molar-refractivity contribution is 7.07. The van der Waals surface area contributed by atoms with E-state index in [4.69, 9.17) is 14.2 Å². The smallest absolute Gasteiger partial charge is 0.333 e. The number of nitrogens with zero attached hydrogens (tertiary/aromatic N) is 2. The first kappa shape index (κ1) is 22.8. The number of amides is 1. The third kappa shape index (κ3) is 5.83. The second kappa shape index (κ2) is 10.9. The van der Waals surface area contributed by atoms with E-state index in [1.807, 2.05) is 31.2 Å². The highest BCUT2D eigenvalue weighted by atomic mass is 32.1. The fourth-order valence-corrected chi connectivity index (χ4v) is 4.18. The van der Waals surface area contributed by atoms with Gasteiger partial charge in [-0.2, -0.15) is 0 Å². The van der Waals surface area contributed by atoms with Gasteiger partial charge in [-0.1, -0.05) is 18.2 Å². The second-order valence-electron chi connectivity index (χ2n) is 6.70. The zero-order valence-electron chi connectivity index (χ0n) is 17.7. The Morgan fingerprint density at radius 3 is 2.61 bits per heavy atom. The van der Waals surface area contributed by atoms with Crippen LogP contribution in [0.2, 0.25) is 0 Å². The van der Waals surface area contributed by atoms with Gasteiger partial charge in [-0.15, -0.1) is 11.3 Å². The van der Waals surface area contributed by atoms with Gasteiger partial charge in [0.05, 0.1) is 37.0 Å². The van der Waals surface area contributed by atoms with Gasteiger partial charge in [0.15, 0.2) is 0 Å². The summed E-state index contributed by atoms with van der Waals surface area (Å²) in [6.45, 7) is 6.07. The molecule has 2 heterocycles. The lowest BCUT2D eigenvalue weighted by Crippen LogP contribution is -2.45. The summed E-state index contributed by atoms with van der Waals surface area (Å²) < 4.78 is 18.0. The topological polar surface area (TPSA) is 87.1 Å². The molecule has 1 amide bonds. The Morgan fingerprint density at radius 1 is 1.16 bits per heavy atom. The van der Waals surface area contributed by atoms with E-state index in [1.165, 1.54) is 10.6 Å². The lowest BCUT2D eigenvalue weighted by molar-refractivity contribution is -0.136. The van der Waals surface area contributed by atoms with E-state index < -0.39 is 5.97 Å². The van der Waals surface area contributed by atoms with Gasteiger partial charge in [-0.3, -0.25) is 14.2 Å². The fraction of sp³-hybridized carbons (Fsp3) is 0.409. The van der Waals surface area contributed by atoms with Crippen LogP contribution in [0.25, 0.3) is 12.2 Å². The van der Waals surface area contributed by atoms with Gasteiger partial charge in [0, 0.05) is 18.7 Å². The summed E-state index contributed by atoms with van der Waals surface area (Å²) in [6, 6.07) is 7.39. The van der Waals surface area contributed by atoms with Crippen LogP contribution in [0.1, 0.15) is 19.4 Å². The molecule has 3 rings (SSSR count). The number of ether oxygens (including phenoxy) is 3. The summed E-state index contributed by atoms with van der Waals surface area (Å²) in [6.07, 6.45) is 2.98. The molecule has 0 unspecified atom stereocenters. The molecule has 0 saturated carbocycles. The van der Waals surface area contributed by atoms with Crippen LogP contribution in [-0.4, -0.2) is 60.9 Å². The molecule has 1 aromatic carbocycles. The van der Waals surface area contributed by atoms with E-state index >= 15 is 0 Å². The zero-order valence-corrected chi connectivity index (χ0v) is 18.5. The maximum atomic E-state index is 13.2. The number of morpholine rings is 1. The van der Waals surface area contributed by atoms with Crippen molar-refractivity contribution in [3.05, 3.63) is 49.4 Å². The monoisotopic (exact) mass is 446 g/mol. The summed E-state index contributed by atoms with van der Waals surface area (Å²) >= 11 is 1.14. The van der Waals surface area contributed by atoms with Crippen molar-refractivity contribution in [1.29, 1.82) is 0 Å². The van der Waals surface area contributed by atoms with Crippen molar-refractivity contribution < 1.29 is 23.8 Å². The molecule has 0 atom stereocenters. The molecule has 1 saturated heterocycles. The molecule has 0 bridgehead atoms. The first-order valence-corrected chi connectivity index (χ1v) is 11.0. The van der Waals surface area contributed by atoms with Crippen molar-refractivity contribution in [2.24, 2.45) is 0 Å². The van der Waals surface area contributed by atoms with Crippen molar-refractivity contribution in [1.82, 2.24) is 9.47 Å². The summed E-state index contributed by atoms with van der Waals surface area (Å²) in [4.78, 5) is 39.6. The van der Waals surface area contributed by atoms with Crippen LogP contribution in [0.3, 0.4) is 0 Å². The Bertz CT molecular complexity index is 1100. The van der Waals surface area contributed by atoms with Crippen molar-refractivity contribution in [3.8, 4) is 5.75 Å². The van der Waals surface area contributed by atoms with E-state index in [0.717, 1.165) is 16.9 Å². The molecule has 0 aliphatic carbocycles. The van der Waals surface area contributed by atoms with Crippen molar-refractivity contribution in [3.63, 3.8) is 0 Å². The van der Waals surface area contributed by atoms with Crippen molar-refractivity contribution in [2.45, 2.75) is 20.4 Å². The SMILES string of the molecule is CCOC(=O)C=c1sc(=Cc2ccccc2OCC)c(=O)n1CC(=O)N1CCOCC1. The molecule has 166 valence electrons. The van der Waals surface area contributed by atoms with Gasteiger partial charge in [0.1, 0.15) is 17.0 Å². The third-order valence-electron chi connectivity index (χ3n) is 4.63. The van der Waals surface area contributed by atoms with Crippen LogP contribution >= 0.6 is 11.3 Å². The predicted octanol–water partition coefficient (Wildman–Crippen LogP) is 0.340. The number of aromatic nitrogens is 1. The number of hydrogen-bond acceptors (Lipinski definition) is 7. The van der Waals surface area contributed by atoms with E-state index in [0.29, 0.717) is 47.9 Å². The second-order valence-corrected chi connectivity index (χ2v) is 7.76. The van der Waals surface area contributed by atoms with Crippen LogP contribution in [0.15, 0.2) is 29.1 Å². The highest BCUT2D eigenvalue weighted by Crippen LogP contribution is 2.18. The average Bonchev–Trinajstić information content (AvgIpc) is 3.04. The zero-order chi connectivity index (χ0) is 22.2. The largest absolute Gasteiger partial charge is 0.493 e. The fourth-order valence-electron chi connectivity index (χ4n) is 3.15. The van der Waals surface area contributed by atoms with Gasteiger partial charge in [-0.25, -0.2) is 4.79 Å². The molecule has 8 nitrogen and oxygen atoms in total. The minimum atomic E-state index is -0.558. The Hall–Kier alpha value is -2.91. The van der Waals surface area contributed by atoms with Crippen LogP contribution in [0.4, 0.5) is 0 Å². The summed E-state index contributed by atoms with van der Waals surface area (Å²) in [7, 11) is 0. The van der Waals surface area contributed by atoms with Crippen LogP contribution in [-0.2, 0) is 25.6 Å². The van der Waals surface area contributed by atoms with E-state index in [1.54, 1.807) is 17.9 Å². The summed E-state index contributed by atoms with van der Waals surface area (Å²) in [5.74, 6) is -0.0924. The Morgan fingerprint density at radius 2 is 1.90 bits per heavy atom. The number of carbonyl (C=O) groups is 2. The number of carbonyl (C=O) groups excluding carboxylic acids is 2. The molecule has 1 aliphatic rings. The summed E-state index contributed by atoms with van der Waals surface area (Å²) in [5, 5.41) is 0. The number of benzene rings is 1. The van der Waals surface area contributed by atoms with E-state index in [9.17, 15) is 14.4 Å². The summed E-state index contributed by atoms with van der Waals surface area (Å²) in [5.41, 5.74) is 0.408. The lowest BCUT2D eigenvalue weighted by Gasteiger charge is -2.26. The van der Waals surface area contributed by atoms with Gasteiger partial charge >= 0.3 is 5.97 Å². The van der Waals surface area contributed by atoms with Gasteiger partial charge in [0.25, 0.3) is 5.56 Å². The van der Waals surface area contributed by atoms with E-state index in [2.05, 4.69) is 0 Å². The maximum absolute atomic E-state index is 13.2. The normalized spacial score (nSPS) is 15.2. The van der Waals surface area contributed by atoms with E-state index in [-0.39, 0.29) is 24.6 Å². The van der Waals surface area contributed by atoms with Gasteiger partial charge in [-0.05, 0) is 26.0 Å². The molecule has 1 aliphatic heterocycles. The molecule has 31 heavy (non-hydrogen) atoms. The number of rotatable bonds is 7. The van der Waals surface area contributed by atoms with Crippen molar-refractivity contribution in [2.75, 3.05) is 39.5 Å².